The van der Waals surface area contributed by atoms with Crippen LogP contribution in [0.4, 0.5) is 4.79 Å². The summed E-state index contributed by atoms with van der Waals surface area (Å²) in [6.07, 6.45) is -0.770. The number of nitrogens with one attached hydrogen (secondary N) is 1. The number of aliphatic carboxylic acids is 2. The van der Waals surface area contributed by atoms with Gasteiger partial charge in [-0.05, 0) is 0 Å². The second-order valence-corrected chi connectivity index (χ2v) is 4.25. The van der Waals surface area contributed by atoms with Gasteiger partial charge in [0.15, 0.2) is 6.04 Å². The molecule has 0 radical (unpaired) electrons. The molecule has 0 aliphatic carbocycles. The third kappa shape index (κ3) is 4.60. The lowest BCUT2D eigenvalue weighted by Gasteiger charge is -2.34. The summed E-state index contributed by atoms with van der Waals surface area (Å²) in [6.45, 7) is 0.166. The minimum atomic E-state index is -1.59. The van der Waals surface area contributed by atoms with Crippen LogP contribution in [0.2, 0.25) is 0 Å². The van der Waals surface area contributed by atoms with E-state index >= 15 is 0 Å². The van der Waals surface area contributed by atoms with E-state index in [0.29, 0.717) is 0 Å². The summed E-state index contributed by atoms with van der Waals surface area (Å²) in [5, 5.41) is 19.6. The lowest BCUT2D eigenvalue weighted by Crippen LogP contribution is -2.58. The van der Waals surface area contributed by atoms with Crippen molar-refractivity contribution in [1.29, 1.82) is 0 Å². The van der Waals surface area contributed by atoms with Crippen molar-refractivity contribution < 1.29 is 38.9 Å². The van der Waals surface area contributed by atoms with E-state index in [0.717, 1.165) is 12.0 Å². The molecule has 0 aromatic heterocycles. The van der Waals surface area contributed by atoms with Crippen molar-refractivity contribution in [2.75, 3.05) is 26.9 Å². The van der Waals surface area contributed by atoms with E-state index in [4.69, 9.17) is 14.9 Å². The molecule has 1 heterocycles. The fraction of sp³-hybridized carbons (Fsp3) is 0.636. The van der Waals surface area contributed by atoms with E-state index in [9.17, 15) is 19.2 Å². The monoisotopic (exact) mass is 304 g/mol. The molecule has 10 nitrogen and oxygen atoms in total. The summed E-state index contributed by atoms with van der Waals surface area (Å²) in [5.41, 5.74) is 0. The Morgan fingerprint density at radius 2 is 2.05 bits per heavy atom. The number of ether oxygens (including phenoxy) is 2. The van der Waals surface area contributed by atoms with Gasteiger partial charge >= 0.3 is 23.9 Å². The van der Waals surface area contributed by atoms with Crippen LogP contribution in [0.5, 0.6) is 0 Å². The number of carbonyl (C=O) groups excluding carboxylic acids is 2. The fourth-order valence-electron chi connectivity index (χ4n) is 1.78. The average Bonchev–Trinajstić information content (AvgIpc) is 2.45. The summed E-state index contributed by atoms with van der Waals surface area (Å²) in [4.78, 5) is 46.1. The fourth-order valence-corrected chi connectivity index (χ4v) is 1.78. The molecule has 1 saturated heterocycles. The van der Waals surface area contributed by atoms with E-state index in [1.807, 2.05) is 0 Å². The molecule has 1 rings (SSSR count). The lowest BCUT2D eigenvalue weighted by molar-refractivity contribution is -0.151. The highest BCUT2D eigenvalue weighted by molar-refractivity contribution is 5.88. The Hall–Kier alpha value is -2.36. The third-order valence-electron chi connectivity index (χ3n) is 2.84. The zero-order valence-electron chi connectivity index (χ0n) is 11.3. The quantitative estimate of drug-likeness (QED) is 0.521. The number of carbonyl (C=O) groups is 4. The SMILES string of the molecule is COC(=O)C1COCCN1C(=O)N[C@H](CC(=O)O)C(=O)O. The molecule has 1 aliphatic rings. The molecule has 0 bridgehead atoms. The predicted molar refractivity (Wildman–Crippen MR) is 65.5 cm³/mol. The molecule has 1 unspecified atom stereocenters. The Morgan fingerprint density at radius 3 is 2.57 bits per heavy atom. The lowest BCUT2D eigenvalue weighted by atomic mass is 10.2. The highest BCUT2D eigenvalue weighted by atomic mass is 16.5. The van der Waals surface area contributed by atoms with Crippen molar-refractivity contribution in [3.8, 4) is 0 Å². The number of carboxylic acids is 2. The van der Waals surface area contributed by atoms with Crippen LogP contribution in [0.25, 0.3) is 0 Å². The molecule has 0 saturated carbocycles. The maximum atomic E-state index is 12.0. The minimum Gasteiger partial charge on any atom is -0.481 e. The zero-order valence-corrected chi connectivity index (χ0v) is 11.3. The molecular formula is C11H16N2O8. The van der Waals surface area contributed by atoms with Gasteiger partial charge in [0.1, 0.15) is 6.04 Å². The van der Waals surface area contributed by atoms with E-state index in [1.165, 1.54) is 0 Å². The average molecular weight is 304 g/mol. The van der Waals surface area contributed by atoms with Crippen LogP contribution in [0.3, 0.4) is 0 Å². The molecule has 2 atom stereocenters. The maximum Gasteiger partial charge on any atom is 0.331 e. The Kier molecular flexibility index (Phi) is 5.91. The summed E-state index contributed by atoms with van der Waals surface area (Å²) >= 11 is 0. The van der Waals surface area contributed by atoms with Gasteiger partial charge in [-0.15, -0.1) is 0 Å². The molecule has 1 fully saturated rings. The van der Waals surface area contributed by atoms with Crippen LogP contribution in [0.15, 0.2) is 0 Å². The molecule has 0 spiro atoms. The first-order chi connectivity index (χ1) is 9.86. The molecule has 0 aromatic carbocycles. The van der Waals surface area contributed by atoms with Gasteiger partial charge in [0.05, 0.1) is 26.7 Å². The molecule has 10 heteroatoms. The van der Waals surface area contributed by atoms with Crippen molar-refractivity contribution in [2.45, 2.75) is 18.5 Å². The van der Waals surface area contributed by atoms with Crippen LogP contribution in [0, 0.1) is 0 Å². The molecule has 3 N–H and O–H groups in total. The van der Waals surface area contributed by atoms with Gasteiger partial charge in [0, 0.05) is 6.54 Å². The Morgan fingerprint density at radius 1 is 1.38 bits per heavy atom. The largest absolute Gasteiger partial charge is 0.481 e. The Balaban J connectivity index is 2.76. The van der Waals surface area contributed by atoms with Crippen molar-refractivity contribution in [3.63, 3.8) is 0 Å². The third-order valence-corrected chi connectivity index (χ3v) is 2.84. The van der Waals surface area contributed by atoms with Crippen LogP contribution in [-0.4, -0.2) is 78.0 Å². The van der Waals surface area contributed by atoms with Gasteiger partial charge in [-0.1, -0.05) is 0 Å². The van der Waals surface area contributed by atoms with Crippen LogP contribution in [-0.2, 0) is 23.9 Å². The summed E-state index contributed by atoms with van der Waals surface area (Å²) < 4.78 is 9.61. The number of nitrogens with zero attached hydrogens (tertiary/aromatic N) is 1. The number of rotatable bonds is 5. The summed E-state index contributed by atoms with van der Waals surface area (Å²) in [5.74, 6) is -3.54. The van der Waals surface area contributed by atoms with E-state index < -0.39 is 42.4 Å². The zero-order chi connectivity index (χ0) is 16.0. The molecule has 21 heavy (non-hydrogen) atoms. The van der Waals surface area contributed by atoms with Gasteiger partial charge in [0.2, 0.25) is 0 Å². The van der Waals surface area contributed by atoms with E-state index in [1.54, 1.807) is 0 Å². The summed E-state index contributed by atoms with van der Waals surface area (Å²) in [7, 11) is 1.15. The van der Waals surface area contributed by atoms with Crippen LogP contribution < -0.4 is 5.32 Å². The first-order valence-electron chi connectivity index (χ1n) is 6.04. The molecule has 1 aliphatic heterocycles. The van der Waals surface area contributed by atoms with E-state index in [2.05, 4.69) is 10.1 Å². The highest BCUT2D eigenvalue weighted by Crippen LogP contribution is 2.09. The number of hydrogen-bond acceptors (Lipinski definition) is 6. The normalized spacial score (nSPS) is 19.5. The first kappa shape index (κ1) is 16.7. The Labute approximate surface area is 119 Å². The Bertz CT molecular complexity index is 438. The standard InChI is InChI=1S/C11H16N2O8/c1-20-10(18)7-5-21-3-2-13(7)11(19)12-6(9(16)17)4-8(14)15/h6-7H,2-5H2,1H3,(H,12,19)(H,14,15)(H,16,17)/t6-,7?/m1/s1. The smallest absolute Gasteiger partial charge is 0.331 e. The number of urea groups is 1. The summed E-state index contributed by atoms with van der Waals surface area (Å²) in [6, 6.07) is -3.44. The number of hydrogen-bond donors (Lipinski definition) is 3. The molecule has 118 valence electrons. The second kappa shape index (κ2) is 7.43. The predicted octanol–water partition coefficient (Wildman–Crippen LogP) is -1.50. The topological polar surface area (TPSA) is 142 Å². The first-order valence-corrected chi connectivity index (χ1v) is 6.04. The van der Waals surface area contributed by atoms with Crippen molar-refractivity contribution in [3.05, 3.63) is 0 Å². The second-order valence-electron chi connectivity index (χ2n) is 4.25. The van der Waals surface area contributed by atoms with Crippen molar-refractivity contribution in [2.24, 2.45) is 0 Å². The number of amides is 2. The van der Waals surface area contributed by atoms with Gasteiger partial charge < -0.3 is 29.9 Å². The number of carboxylic acid groups (broad SMARTS) is 2. The molecule has 0 aromatic rings. The van der Waals surface area contributed by atoms with Crippen molar-refractivity contribution in [1.82, 2.24) is 10.2 Å². The number of methoxy groups -OCH3 is 1. The van der Waals surface area contributed by atoms with Gasteiger partial charge in [-0.3, -0.25) is 4.79 Å². The van der Waals surface area contributed by atoms with Crippen LogP contribution in [0.1, 0.15) is 6.42 Å². The number of esters is 1. The van der Waals surface area contributed by atoms with Crippen molar-refractivity contribution >= 4 is 23.9 Å². The van der Waals surface area contributed by atoms with Crippen LogP contribution >= 0.6 is 0 Å². The maximum absolute atomic E-state index is 12.0. The van der Waals surface area contributed by atoms with E-state index in [-0.39, 0.29) is 19.8 Å². The minimum absolute atomic E-state index is 0.0605. The molecule has 2 amide bonds. The van der Waals surface area contributed by atoms with Gasteiger partial charge in [-0.2, -0.15) is 0 Å². The molecular weight excluding hydrogens is 288 g/mol. The van der Waals surface area contributed by atoms with Gasteiger partial charge in [0.25, 0.3) is 0 Å². The van der Waals surface area contributed by atoms with Gasteiger partial charge in [-0.25, -0.2) is 14.4 Å². The highest BCUT2D eigenvalue weighted by Gasteiger charge is 2.35. The number of morpholine rings is 1.